The van der Waals surface area contributed by atoms with E-state index in [1.807, 2.05) is 24.5 Å². The van der Waals surface area contributed by atoms with Gasteiger partial charge in [0.1, 0.15) is 0 Å². The molecule has 176 valence electrons. The van der Waals surface area contributed by atoms with Gasteiger partial charge in [-0.1, -0.05) is 0 Å². The van der Waals surface area contributed by atoms with Gasteiger partial charge in [-0.3, -0.25) is 9.69 Å². The molecule has 32 heavy (non-hydrogen) atoms. The van der Waals surface area contributed by atoms with Crippen LogP contribution < -0.4 is 10.2 Å². The van der Waals surface area contributed by atoms with Gasteiger partial charge in [-0.2, -0.15) is 0 Å². The third-order valence-electron chi connectivity index (χ3n) is 6.90. The summed E-state index contributed by atoms with van der Waals surface area (Å²) in [5.74, 6) is 0.934. The minimum absolute atomic E-state index is 0.147. The highest BCUT2D eigenvalue weighted by molar-refractivity contribution is 7.15. The first-order valence-corrected chi connectivity index (χ1v) is 13.8. The van der Waals surface area contributed by atoms with Crippen molar-refractivity contribution in [1.29, 1.82) is 0 Å². The molecule has 1 saturated carbocycles. The molecule has 0 saturated heterocycles. The van der Waals surface area contributed by atoms with E-state index < -0.39 is 0 Å². The molecule has 0 bridgehead atoms. The van der Waals surface area contributed by atoms with Crippen LogP contribution in [0.4, 0.5) is 5.13 Å². The SMILES string of the molecule is CCN(CC)c1nc2c(s1)CCN(CC[C@H]1CC[C@H](NC(=O)Cc3cnc(C)s3)CC1)C2. The zero-order chi connectivity index (χ0) is 22.5. The van der Waals surface area contributed by atoms with Crippen molar-refractivity contribution in [2.24, 2.45) is 5.92 Å². The van der Waals surface area contributed by atoms with Crippen LogP contribution in [0.2, 0.25) is 0 Å². The zero-order valence-electron chi connectivity index (χ0n) is 19.7. The minimum Gasteiger partial charge on any atom is -0.353 e. The maximum atomic E-state index is 12.3. The predicted octanol–water partition coefficient (Wildman–Crippen LogP) is 4.42. The molecule has 1 amide bonds. The summed E-state index contributed by atoms with van der Waals surface area (Å²) >= 11 is 3.51. The van der Waals surface area contributed by atoms with E-state index in [4.69, 9.17) is 4.98 Å². The lowest BCUT2D eigenvalue weighted by Gasteiger charge is -2.32. The number of aromatic nitrogens is 2. The highest BCUT2D eigenvalue weighted by Gasteiger charge is 2.25. The molecule has 4 rings (SSSR count). The van der Waals surface area contributed by atoms with E-state index in [0.717, 1.165) is 61.2 Å². The number of hydrogen-bond donors (Lipinski definition) is 1. The van der Waals surface area contributed by atoms with E-state index in [9.17, 15) is 4.79 Å². The van der Waals surface area contributed by atoms with Crippen LogP contribution in [0.3, 0.4) is 0 Å². The lowest BCUT2D eigenvalue weighted by Crippen LogP contribution is -2.39. The van der Waals surface area contributed by atoms with Crippen molar-refractivity contribution in [3.8, 4) is 0 Å². The normalized spacial score (nSPS) is 21.3. The third kappa shape index (κ3) is 6.08. The van der Waals surface area contributed by atoms with Crippen molar-refractivity contribution >= 4 is 33.7 Å². The number of rotatable bonds is 9. The summed E-state index contributed by atoms with van der Waals surface area (Å²) in [6.07, 6.45) is 9.39. The van der Waals surface area contributed by atoms with Gasteiger partial charge >= 0.3 is 0 Å². The quantitative estimate of drug-likeness (QED) is 0.582. The fourth-order valence-electron chi connectivity index (χ4n) is 4.94. The molecule has 0 unspecified atom stereocenters. The Bertz CT molecular complexity index is 883. The van der Waals surface area contributed by atoms with Gasteiger partial charge in [0.05, 0.1) is 17.1 Å². The summed E-state index contributed by atoms with van der Waals surface area (Å²) < 4.78 is 0. The van der Waals surface area contributed by atoms with Crippen LogP contribution in [0.1, 0.15) is 66.4 Å². The van der Waals surface area contributed by atoms with Gasteiger partial charge < -0.3 is 10.2 Å². The Morgan fingerprint density at radius 2 is 2.00 bits per heavy atom. The number of thiazole rings is 2. The number of nitrogens with one attached hydrogen (secondary N) is 1. The molecule has 2 aromatic rings. The van der Waals surface area contributed by atoms with E-state index in [0.29, 0.717) is 12.5 Å². The fourth-order valence-corrected chi connectivity index (χ4v) is 6.92. The van der Waals surface area contributed by atoms with Crippen molar-refractivity contribution in [2.45, 2.75) is 78.3 Å². The molecule has 0 spiro atoms. The standard InChI is InChI=1S/C24H37N5OS2/c1-4-29(5-2)24-27-21-16-28(13-11-22(21)32-24)12-10-18-6-8-19(9-7-18)26-23(30)14-20-15-25-17(3)31-20/h15,18-19H,4-14,16H2,1-3H3,(H,26,30)/t18-,19-. The average molecular weight is 476 g/mol. The van der Waals surface area contributed by atoms with E-state index in [1.54, 1.807) is 11.3 Å². The zero-order valence-corrected chi connectivity index (χ0v) is 21.4. The number of nitrogens with zero attached hydrogens (tertiary/aromatic N) is 4. The maximum Gasteiger partial charge on any atom is 0.225 e. The molecular weight excluding hydrogens is 438 g/mol. The molecular formula is C24H37N5OS2. The number of hydrogen-bond acceptors (Lipinski definition) is 7. The lowest BCUT2D eigenvalue weighted by molar-refractivity contribution is -0.121. The fraction of sp³-hybridized carbons (Fsp3) is 0.708. The first-order valence-electron chi connectivity index (χ1n) is 12.2. The second-order valence-electron chi connectivity index (χ2n) is 9.16. The van der Waals surface area contributed by atoms with Crippen molar-refractivity contribution in [1.82, 2.24) is 20.2 Å². The van der Waals surface area contributed by atoms with Crippen LogP contribution in [0.5, 0.6) is 0 Å². The first-order chi connectivity index (χ1) is 15.5. The highest BCUT2D eigenvalue weighted by Crippen LogP contribution is 2.32. The minimum atomic E-state index is 0.147. The second kappa shape index (κ2) is 11.1. The van der Waals surface area contributed by atoms with E-state index >= 15 is 0 Å². The Balaban J connectivity index is 1.17. The van der Waals surface area contributed by atoms with E-state index in [2.05, 4.69) is 33.9 Å². The van der Waals surface area contributed by atoms with Crippen LogP contribution in [-0.2, 0) is 24.2 Å². The molecule has 1 aliphatic carbocycles. The van der Waals surface area contributed by atoms with Crippen LogP contribution in [-0.4, -0.2) is 53.0 Å². The topological polar surface area (TPSA) is 61.4 Å². The van der Waals surface area contributed by atoms with E-state index in [-0.39, 0.29) is 5.91 Å². The summed E-state index contributed by atoms with van der Waals surface area (Å²) in [4.78, 5) is 29.1. The van der Waals surface area contributed by atoms with Gasteiger partial charge in [0.2, 0.25) is 5.91 Å². The Morgan fingerprint density at radius 1 is 1.22 bits per heavy atom. The third-order valence-corrected chi connectivity index (χ3v) is 9.03. The molecule has 1 aliphatic heterocycles. The molecule has 0 aromatic carbocycles. The summed E-state index contributed by atoms with van der Waals surface area (Å²) in [5, 5.41) is 5.48. The molecule has 2 aliphatic rings. The number of carbonyl (C=O) groups is 1. The molecule has 1 N–H and O–H groups in total. The molecule has 3 heterocycles. The van der Waals surface area contributed by atoms with Crippen molar-refractivity contribution in [3.63, 3.8) is 0 Å². The number of fused-ring (bicyclic) bond motifs is 1. The summed E-state index contributed by atoms with van der Waals surface area (Å²) in [7, 11) is 0. The molecule has 2 aromatic heterocycles. The van der Waals surface area contributed by atoms with Crippen molar-refractivity contribution < 1.29 is 4.79 Å². The van der Waals surface area contributed by atoms with Crippen molar-refractivity contribution in [3.05, 3.63) is 26.7 Å². The maximum absolute atomic E-state index is 12.3. The van der Waals surface area contributed by atoms with Gasteiger partial charge in [-0.15, -0.1) is 22.7 Å². The average Bonchev–Trinajstić information content (AvgIpc) is 3.39. The smallest absolute Gasteiger partial charge is 0.225 e. The van der Waals surface area contributed by atoms with Gasteiger partial charge in [0, 0.05) is 48.2 Å². The Morgan fingerprint density at radius 3 is 2.69 bits per heavy atom. The number of aryl methyl sites for hydroxylation is 1. The van der Waals surface area contributed by atoms with Gasteiger partial charge in [-0.25, -0.2) is 9.97 Å². The number of carbonyl (C=O) groups excluding carboxylic acids is 1. The first kappa shape index (κ1) is 23.6. The monoisotopic (exact) mass is 475 g/mol. The van der Waals surface area contributed by atoms with Crippen LogP contribution in [0.15, 0.2) is 6.20 Å². The van der Waals surface area contributed by atoms with Crippen LogP contribution in [0, 0.1) is 12.8 Å². The summed E-state index contributed by atoms with van der Waals surface area (Å²) in [6.45, 7) is 11.8. The van der Waals surface area contributed by atoms with E-state index in [1.165, 1.54) is 41.5 Å². The molecule has 0 atom stereocenters. The Labute approximate surface area is 200 Å². The molecule has 0 radical (unpaired) electrons. The van der Waals surface area contributed by atoms with Crippen molar-refractivity contribution in [2.75, 3.05) is 31.1 Å². The van der Waals surface area contributed by atoms with Crippen LogP contribution in [0.25, 0.3) is 0 Å². The highest BCUT2D eigenvalue weighted by atomic mass is 32.1. The van der Waals surface area contributed by atoms with Gasteiger partial charge in [0.25, 0.3) is 0 Å². The Hall–Kier alpha value is -1.51. The number of amides is 1. The molecule has 6 nitrogen and oxygen atoms in total. The molecule has 8 heteroatoms. The lowest BCUT2D eigenvalue weighted by atomic mass is 9.84. The number of anilines is 1. The largest absolute Gasteiger partial charge is 0.353 e. The summed E-state index contributed by atoms with van der Waals surface area (Å²) in [6, 6.07) is 0.346. The predicted molar refractivity (Wildman–Crippen MR) is 134 cm³/mol. The summed E-state index contributed by atoms with van der Waals surface area (Å²) in [5.41, 5.74) is 1.31. The molecule has 1 fully saturated rings. The van der Waals surface area contributed by atoms with Gasteiger partial charge in [0.15, 0.2) is 5.13 Å². The Kier molecular flexibility index (Phi) is 8.18. The van der Waals surface area contributed by atoms with Crippen LogP contribution >= 0.6 is 22.7 Å². The second-order valence-corrected chi connectivity index (χ2v) is 11.5. The van der Waals surface area contributed by atoms with Gasteiger partial charge in [-0.05, 0) is 71.8 Å².